The molecule has 11 aromatic rings. The van der Waals surface area contributed by atoms with Crippen LogP contribution in [0.25, 0.3) is 49.4 Å². The van der Waals surface area contributed by atoms with Gasteiger partial charge in [0.15, 0.2) is 0 Å². The van der Waals surface area contributed by atoms with Crippen LogP contribution in [0.4, 0.5) is 51.2 Å². The second-order valence-electron chi connectivity index (χ2n) is 16.1. The van der Waals surface area contributed by atoms with Gasteiger partial charge >= 0.3 is 0 Å². The molecule has 5 heterocycles. The van der Waals surface area contributed by atoms with E-state index in [1.54, 1.807) is 20.8 Å². The molecule has 64 heavy (non-hydrogen) atoms. The van der Waals surface area contributed by atoms with E-state index < -0.39 is 322 Å². The molecule has 9 aromatic carbocycles. The van der Waals surface area contributed by atoms with Crippen LogP contribution in [0.1, 0.15) is 70.2 Å². The molecule has 302 valence electrons. The molecule has 2 aromatic heterocycles. The third kappa shape index (κ3) is 4.80. The minimum absolute atomic E-state index is 0.204. The number of nitrogens with zero attached hydrogens (tertiary/aromatic N) is 4. The van der Waals surface area contributed by atoms with Gasteiger partial charge in [0.2, 0.25) is 0 Å². The summed E-state index contributed by atoms with van der Waals surface area (Å²) in [6.07, 6.45) is 0. The van der Waals surface area contributed by atoms with Crippen molar-refractivity contribution in [2.45, 2.75) is 26.2 Å². The summed E-state index contributed by atoms with van der Waals surface area (Å²) in [7, 11) is 0. The zero-order valence-corrected chi connectivity index (χ0v) is 33.3. The van der Waals surface area contributed by atoms with Gasteiger partial charge in [0.1, 0.15) is 11.2 Å². The van der Waals surface area contributed by atoms with Crippen molar-refractivity contribution in [2.24, 2.45) is 0 Å². The van der Waals surface area contributed by atoms with Crippen LogP contribution in [0, 0.1) is 0 Å². The Morgan fingerprint density at radius 1 is 0.484 bits per heavy atom. The highest BCUT2D eigenvalue weighted by molar-refractivity contribution is 7.00. The maximum Gasteiger partial charge on any atom is 0.252 e. The molecule has 0 spiro atoms. The van der Waals surface area contributed by atoms with Crippen molar-refractivity contribution in [1.29, 1.82) is 0 Å². The van der Waals surface area contributed by atoms with Crippen LogP contribution < -0.4 is 31.1 Å². The second-order valence-corrected chi connectivity index (χ2v) is 16.1. The zero-order chi connectivity index (χ0) is 70.3. The fourth-order valence-corrected chi connectivity index (χ4v) is 8.91. The van der Waals surface area contributed by atoms with Gasteiger partial charge in [0.25, 0.3) is 6.71 Å². The smallest absolute Gasteiger partial charge is 0.252 e. The van der Waals surface area contributed by atoms with E-state index in [9.17, 15) is 27.4 Å². The molecule has 3 aliphatic heterocycles. The Kier molecular flexibility index (Phi) is 3.33. The lowest BCUT2D eigenvalue weighted by Gasteiger charge is -2.47. The first-order valence-electron chi connectivity index (χ1n) is 35.7. The van der Waals surface area contributed by atoms with Crippen LogP contribution >= 0.6 is 0 Å². The molecule has 0 unspecified atom stereocenters. The molecule has 0 amide bonds. The molecule has 0 atom stereocenters. The van der Waals surface area contributed by atoms with Crippen LogP contribution in [-0.2, 0) is 5.41 Å². The van der Waals surface area contributed by atoms with Gasteiger partial charge in [-0.05, 0) is 112 Å². The largest absolute Gasteiger partial charge is 0.456 e. The van der Waals surface area contributed by atoms with Crippen molar-refractivity contribution in [2.75, 3.05) is 14.7 Å². The number of fused-ring (bicyclic) bond motifs is 12. The Bertz CT molecular complexity index is 5530. The molecule has 3 aliphatic rings. The van der Waals surface area contributed by atoms with Crippen molar-refractivity contribution in [3.8, 4) is 5.69 Å². The van der Waals surface area contributed by atoms with Crippen LogP contribution in [0.2, 0.25) is 0 Å². The maximum atomic E-state index is 11.0. The number of aromatic nitrogens is 1. The number of anilines is 9. The van der Waals surface area contributed by atoms with E-state index in [-0.39, 0.29) is 5.56 Å². The topological polar surface area (TPSA) is 27.8 Å². The average molecular weight is 853 g/mol. The predicted molar refractivity (Wildman–Crippen MR) is 269 cm³/mol. The number of rotatable bonds is 4. The fraction of sp³-hybridized carbons (Fsp3) is 0.0690. The molecular formula is C58H41BN4O. The highest BCUT2D eigenvalue weighted by Gasteiger charge is 2.47. The number of para-hydroxylation sites is 6. The Morgan fingerprint density at radius 2 is 1.14 bits per heavy atom. The quantitative estimate of drug-likeness (QED) is 0.165. The van der Waals surface area contributed by atoms with Gasteiger partial charge < -0.3 is 23.7 Å². The SMILES string of the molecule is [2H]c1c([2H])c([2H])c(N(c2c([2H])c([2H])c([2H])c([2H])c2[2H])c2c([2H])c3c4c(c2[2H])N2c5c(c([2H])c([2H])c([2H])c5-n5c6c([2H])c([2H])c([2H])c([2H])c6c6c([2H])c([2H])c([2H])c2c65)B4c2c([2H])c(C(C)(C)C)c([2H])c([2H])c2N3c2c([2H])c([2H])c3oc4c([2H])c([2H])c([2H])c([2H])c4c3c2[2H])c([2H])c1[2H]. The first kappa shape index (κ1) is 16.6. The Labute approximate surface area is 416 Å². The van der Waals surface area contributed by atoms with E-state index in [0.29, 0.717) is 4.90 Å². The molecule has 0 N–H and O–H groups in total. The average Bonchev–Trinajstić information content (AvgIpc) is 1.11. The van der Waals surface area contributed by atoms with E-state index in [1.165, 1.54) is 0 Å². The number of benzene rings is 9. The highest BCUT2D eigenvalue weighted by atomic mass is 16.3. The fourth-order valence-electron chi connectivity index (χ4n) is 8.91. The van der Waals surface area contributed by atoms with Crippen LogP contribution in [0.3, 0.4) is 0 Å². The Balaban J connectivity index is 1.34. The van der Waals surface area contributed by atoms with Gasteiger partial charge in [0.05, 0.1) is 77.6 Å². The normalized spacial score (nSPS) is 20.5. The molecular weight excluding hydrogens is 779 g/mol. The standard InChI is InChI=1S/C58H41BN4O/c1-58(2,3)36-28-30-48-46(32-36)59-45-23-15-26-50-57(45)63(49-25-14-22-43-41-20-10-12-24-47(41)62(50)56(43)49)52-35-40(60(37-16-6-4-7-17-37)38-18-8-5-9-19-38)34-51(55(52)59)61(48)39-29-31-54-44(33-39)42-21-11-13-27-53(42)64-54/h4-35H,1-3H3/i4D,5D,6D,7D,8D,9D,10D,11D,12D,13D,14D,15D,16D,17D,18D,19D,20D,21D,22D,23D,24D,25D,26D,27D,28D,29D,30D,31D,32D,33D,34D,35D. The minimum atomic E-state index is -2.06. The monoisotopic (exact) mass is 853 g/mol. The predicted octanol–water partition coefficient (Wildman–Crippen LogP) is 13.8. The lowest BCUT2D eigenvalue weighted by atomic mass is 9.33. The van der Waals surface area contributed by atoms with E-state index in [1.807, 2.05) is 0 Å². The lowest BCUT2D eigenvalue weighted by molar-refractivity contribution is 0.591. The van der Waals surface area contributed by atoms with Crippen molar-refractivity contribution in [1.82, 2.24) is 4.57 Å². The van der Waals surface area contributed by atoms with Crippen molar-refractivity contribution < 1.29 is 48.3 Å². The molecule has 14 rings (SSSR count). The van der Waals surface area contributed by atoms with E-state index in [2.05, 4.69) is 0 Å². The Morgan fingerprint density at radius 3 is 1.92 bits per heavy atom. The lowest BCUT2D eigenvalue weighted by Crippen LogP contribution is -2.62. The van der Waals surface area contributed by atoms with E-state index in [4.69, 9.17) is 20.9 Å². The molecule has 0 fully saturated rings. The summed E-state index contributed by atoms with van der Waals surface area (Å²) in [5, 5.41) is -2.05. The Hall–Kier alpha value is -7.96. The first-order valence-corrected chi connectivity index (χ1v) is 19.7. The van der Waals surface area contributed by atoms with Crippen LogP contribution in [0.15, 0.2) is 198 Å². The molecule has 0 saturated carbocycles. The summed E-state index contributed by atoms with van der Waals surface area (Å²) in [5.74, 6) is 0. The molecule has 0 bridgehead atoms. The molecule has 5 nitrogen and oxygen atoms in total. The molecule has 6 heteroatoms. The summed E-state index contributed by atoms with van der Waals surface area (Å²) >= 11 is 0. The van der Waals surface area contributed by atoms with Gasteiger partial charge in [-0.3, -0.25) is 0 Å². The van der Waals surface area contributed by atoms with Gasteiger partial charge in [-0.1, -0.05) is 130 Å². The highest BCUT2D eigenvalue weighted by Crippen LogP contribution is 2.54. The summed E-state index contributed by atoms with van der Waals surface area (Å²) in [5.41, 5.74) is -13.8. The minimum Gasteiger partial charge on any atom is -0.456 e. The number of hydrogen-bond donors (Lipinski definition) is 0. The zero-order valence-electron chi connectivity index (χ0n) is 65.3. The maximum absolute atomic E-state index is 11.0. The molecule has 0 radical (unpaired) electrons. The first-order chi connectivity index (χ1) is 44.7. The summed E-state index contributed by atoms with van der Waals surface area (Å²) in [6.45, 7) is 2.68. The molecule has 0 aliphatic carbocycles. The van der Waals surface area contributed by atoms with Gasteiger partial charge in [-0.15, -0.1) is 0 Å². The number of furan rings is 1. The molecule has 0 saturated heterocycles. The van der Waals surface area contributed by atoms with Crippen molar-refractivity contribution >= 4 is 118 Å². The van der Waals surface area contributed by atoms with E-state index in [0.717, 1.165) is 14.4 Å². The van der Waals surface area contributed by atoms with Crippen LogP contribution in [0.5, 0.6) is 0 Å². The van der Waals surface area contributed by atoms with Crippen molar-refractivity contribution in [3.05, 3.63) is 199 Å². The van der Waals surface area contributed by atoms with Gasteiger partial charge in [0, 0.05) is 55.7 Å². The summed E-state index contributed by atoms with van der Waals surface area (Å²) < 4.78 is 312. The third-order valence-electron chi connectivity index (χ3n) is 11.6. The van der Waals surface area contributed by atoms with Crippen molar-refractivity contribution in [3.63, 3.8) is 0 Å². The van der Waals surface area contributed by atoms with Crippen LogP contribution in [-0.4, -0.2) is 11.3 Å². The van der Waals surface area contributed by atoms with Gasteiger partial charge in [-0.25, -0.2) is 0 Å². The summed E-state index contributed by atoms with van der Waals surface area (Å²) in [6, 6.07) is -31.1. The second kappa shape index (κ2) is 12.8. The number of hydrogen-bond acceptors (Lipinski definition) is 4. The van der Waals surface area contributed by atoms with E-state index >= 15 is 0 Å². The summed E-state index contributed by atoms with van der Waals surface area (Å²) in [4.78, 5) is 2.14. The van der Waals surface area contributed by atoms with Gasteiger partial charge in [-0.2, -0.15) is 0 Å². The third-order valence-corrected chi connectivity index (χ3v) is 11.6.